The molecule has 50 valence electrons. The van der Waals surface area contributed by atoms with E-state index in [-0.39, 0.29) is 0 Å². The Morgan fingerprint density at radius 3 is 2.90 bits per heavy atom. The Bertz CT molecular complexity index is 353. The number of aromatic amines is 1. The molecule has 0 aliphatic rings. The first-order chi connectivity index (χ1) is 4.88. The Kier molecular flexibility index (Phi) is 1.11. The molecule has 1 heterocycles. The minimum atomic E-state index is 1.02. The van der Waals surface area contributed by atoms with Crippen LogP contribution < -0.4 is 5.32 Å². The molecule has 0 saturated carbocycles. The van der Waals surface area contributed by atoms with E-state index in [4.69, 9.17) is 0 Å². The Hall–Kier alpha value is -1.09. The molecule has 2 nitrogen and oxygen atoms in total. The molecule has 0 aliphatic carbocycles. The molecule has 1 N–H and O–H groups in total. The lowest BCUT2D eigenvalue weighted by molar-refractivity contribution is 1.14. The molecule has 0 aliphatic heterocycles. The number of nitrogens with zero attached hydrogens (tertiary/aromatic N) is 1. The number of para-hydroxylation sites is 1. The van der Waals surface area contributed by atoms with Gasteiger partial charge in [-0.2, -0.15) is 5.10 Å². The van der Waals surface area contributed by atoms with Gasteiger partial charge in [-0.25, -0.2) is 0 Å². The van der Waals surface area contributed by atoms with Gasteiger partial charge in [0, 0.05) is 10.7 Å². The van der Waals surface area contributed by atoms with E-state index in [1.165, 1.54) is 10.7 Å². The third-order valence-electron chi connectivity index (χ3n) is 1.66. The molecular weight excluding hydrogens is 140 g/mol. The van der Waals surface area contributed by atoms with E-state index in [0.717, 1.165) is 15.8 Å². The molecular formula is C7H8N2Si. The van der Waals surface area contributed by atoms with E-state index in [9.17, 15) is 0 Å². The summed E-state index contributed by atoms with van der Waals surface area (Å²) in [5, 5.41) is 9.58. The van der Waals surface area contributed by atoms with Crippen molar-refractivity contribution in [3.8, 4) is 0 Å². The summed E-state index contributed by atoms with van der Waals surface area (Å²) in [6.07, 6.45) is 0. The number of nitrogens with one attached hydrogen (secondary N) is 1. The second-order valence-electron chi connectivity index (χ2n) is 2.35. The maximum atomic E-state index is 4.13. The summed E-state index contributed by atoms with van der Waals surface area (Å²) in [7, 11) is 1.02. The summed E-state index contributed by atoms with van der Waals surface area (Å²) in [5.74, 6) is 0. The molecule has 3 heteroatoms. The average Bonchev–Trinajstić information content (AvgIpc) is 2.34. The van der Waals surface area contributed by atoms with Gasteiger partial charge in [0.15, 0.2) is 0 Å². The van der Waals surface area contributed by atoms with Crippen molar-refractivity contribution in [1.82, 2.24) is 10.2 Å². The summed E-state index contributed by atoms with van der Waals surface area (Å²) in [4.78, 5) is 0. The molecule has 0 spiro atoms. The number of H-pyrrole nitrogens is 1. The predicted octanol–water partition coefficient (Wildman–Crippen LogP) is -0.446. The molecule has 0 fully saturated rings. The van der Waals surface area contributed by atoms with Gasteiger partial charge in [0.2, 0.25) is 0 Å². The standard InChI is InChI=1S/C7H8N2Si/c10-7-5-3-1-2-4-6(5)8-9-7/h1-4H,10H3,(H,8,9). The van der Waals surface area contributed by atoms with Crippen molar-refractivity contribution in [3.05, 3.63) is 24.3 Å². The van der Waals surface area contributed by atoms with Crippen LogP contribution in [0.2, 0.25) is 0 Å². The Labute approximate surface area is 61.7 Å². The predicted molar refractivity (Wildman–Crippen MR) is 45.7 cm³/mol. The maximum Gasteiger partial charge on any atom is 0.0655 e. The number of hydrogen-bond donors (Lipinski definition) is 1. The Balaban J connectivity index is 2.93. The monoisotopic (exact) mass is 148 g/mol. The lowest BCUT2D eigenvalue weighted by Gasteiger charge is -1.84. The van der Waals surface area contributed by atoms with Crippen LogP contribution in [0.1, 0.15) is 0 Å². The molecule has 2 aromatic rings. The highest BCUT2D eigenvalue weighted by atomic mass is 28.1. The van der Waals surface area contributed by atoms with Crippen LogP contribution in [0.4, 0.5) is 0 Å². The molecule has 0 unspecified atom stereocenters. The highest BCUT2D eigenvalue weighted by Gasteiger charge is 1.95. The van der Waals surface area contributed by atoms with Crippen LogP contribution in [0.25, 0.3) is 10.9 Å². The molecule has 10 heavy (non-hydrogen) atoms. The van der Waals surface area contributed by atoms with Gasteiger partial charge in [0.25, 0.3) is 0 Å². The number of benzene rings is 1. The minimum Gasteiger partial charge on any atom is -0.278 e. The smallest absolute Gasteiger partial charge is 0.0655 e. The fourth-order valence-electron chi connectivity index (χ4n) is 1.10. The molecule has 2 rings (SSSR count). The van der Waals surface area contributed by atoms with Crippen LogP contribution in [0.15, 0.2) is 24.3 Å². The van der Waals surface area contributed by atoms with Crippen molar-refractivity contribution in [1.29, 1.82) is 0 Å². The third-order valence-corrected chi connectivity index (χ3v) is 2.42. The van der Waals surface area contributed by atoms with E-state index < -0.39 is 0 Å². The number of hydrogen-bond acceptors (Lipinski definition) is 1. The van der Waals surface area contributed by atoms with E-state index in [1.54, 1.807) is 0 Å². The minimum absolute atomic E-state index is 1.02. The summed E-state index contributed by atoms with van der Waals surface area (Å²) < 4.78 is 0. The third kappa shape index (κ3) is 0.674. The van der Waals surface area contributed by atoms with E-state index in [2.05, 4.69) is 16.3 Å². The van der Waals surface area contributed by atoms with Gasteiger partial charge in [0.1, 0.15) is 0 Å². The van der Waals surface area contributed by atoms with Crippen molar-refractivity contribution >= 4 is 26.5 Å². The SMILES string of the molecule is [SiH3]c1n[nH]c2ccccc12. The highest BCUT2D eigenvalue weighted by molar-refractivity contribution is 6.36. The topological polar surface area (TPSA) is 28.7 Å². The Morgan fingerprint density at radius 2 is 2.10 bits per heavy atom. The summed E-state index contributed by atoms with van der Waals surface area (Å²) in [6, 6.07) is 8.20. The zero-order valence-electron chi connectivity index (χ0n) is 5.76. The average molecular weight is 148 g/mol. The Morgan fingerprint density at radius 1 is 1.30 bits per heavy atom. The van der Waals surface area contributed by atoms with Gasteiger partial charge < -0.3 is 0 Å². The highest BCUT2D eigenvalue weighted by Crippen LogP contribution is 2.04. The van der Waals surface area contributed by atoms with Crippen molar-refractivity contribution in [2.24, 2.45) is 0 Å². The van der Waals surface area contributed by atoms with Crippen molar-refractivity contribution in [3.63, 3.8) is 0 Å². The molecule has 0 atom stereocenters. The van der Waals surface area contributed by atoms with E-state index in [1.807, 2.05) is 18.2 Å². The van der Waals surface area contributed by atoms with E-state index in [0.29, 0.717) is 0 Å². The van der Waals surface area contributed by atoms with Gasteiger partial charge in [0.05, 0.1) is 15.8 Å². The molecule has 1 aromatic carbocycles. The zero-order chi connectivity index (χ0) is 6.97. The first-order valence-corrected chi connectivity index (χ1v) is 4.27. The number of rotatable bonds is 0. The first kappa shape index (κ1) is 5.67. The lowest BCUT2D eigenvalue weighted by atomic mass is 10.3. The van der Waals surface area contributed by atoms with Crippen molar-refractivity contribution in [2.75, 3.05) is 0 Å². The zero-order valence-corrected chi connectivity index (χ0v) is 7.76. The molecule has 1 aromatic heterocycles. The fourth-order valence-corrected chi connectivity index (χ4v) is 1.65. The summed E-state index contributed by atoms with van der Waals surface area (Å²) >= 11 is 0. The quantitative estimate of drug-likeness (QED) is 0.504. The van der Waals surface area contributed by atoms with E-state index >= 15 is 0 Å². The van der Waals surface area contributed by atoms with Gasteiger partial charge in [-0.3, -0.25) is 5.10 Å². The molecule has 0 saturated heterocycles. The molecule has 0 amide bonds. The van der Waals surface area contributed by atoms with Gasteiger partial charge in [-0.1, -0.05) is 18.2 Å². The van der Waals surface area contributed by atoms with Crippen LogP contribution in [0.5, 0.6) is 0 Å². The second kappa shape index (κ2) is 1.95. The molecule has 0 bridgehead atoms. The van der Waals surface area contributed by atoms with Crippen LogP contribution in [-0.2, 0) is 0 Å². The van der Waals surface area contributed by atoms with Crippen molar-refractivity contribution in [2.45, 2.75) is 0 Å². The van der Waals surface area contributed by atoms with Crippen LogP contribution >= 0.6 is 0 Å². The van der Waals surface area contributed by atoms with Gasteiger partial charge >= 0.3 is 0 Å². The first-order valence-electron chi connectivity index (χ1n) is 3.27. The van der Waals surface area contributed by atoms with Gasteiger partial charge in [-0.05, 0) is 6.07 Å². The molecule has 0 radical (unpaired) electrons. The largest absolute Gasteiger partial charge is 0.278 e. The summed E-state index contributed by atoms with van der Waals surface area (Å²) in [5.41, 5.74) is 1.15. The second-order valence-corrected chi connectivity index (χ2v) is 3.30. The van der Waals surface area contributed by atoms with Crippen LogP contribution in [-0.4, -0.2) is 20.4 Å². The maximum absolute atomic E-state index is 4.13. The van der Waals surface area contributed by atoms with Crippen molar-refractivity contribution < 1.29 is 0 Å². The van der Waals surface area contributed by atoms with Crippen LogP contribution in [0.3, 0.4) is 0 Å². The fraction of sp³-hybridized carbons (Fsp3) is 0. The normalized spacial score (nSPS) is 10.8. The van der Waals surface area contributed by atoms with Crippen LogP contribution in [0, 0.1) is 0 Å². The van der Waals surface area contributed by atoms with Gasteiger partial charge in [-0.15, -0.1) is 0 Å². The summed E-state index contributed by atoms with van der Waals surface area (Å²) in [6.45, 7) is 0. The number of aromatic nitrogens is 2. The number of fused-ring (bicyclic) bond motifs is 1. The lowest BCUT2D eigenvalue weighted by Crippen LogP contribution is -2.02.